The van der Waals surface area contributed by atoms with Gasteiger partial charge in [0, 0.05) is 17.5 Å². The molecule has 0 spiro atoms. The number of thioether (sulfide) groups is 1. The van der Waals surface area contributed by atoms with Crippen LogP contribution in [0.3, 0.4) is 0 Å². The van der Waals surface area contributed by atoms with E-state index in [1.165, 1.54) is 0 Å². The number of aliphatic imine (C=N–C) groups is 1. The van der Waals surface area contributed by atoms with Gasteiger partial charge >= 0.3 is 0 Å². The van der Waals surface area contributed by atoms with Crippen LogP contribution in [0.15, 0.2) is 35.3 Å². The molecule has 1 aliphatic rings. The summed E-state index contributed by atoms with van der Waals surface area (Å²) in [5.74, 6) is 0.782. The number of anilines is 1. The van der Waals surface area contributed by atoms with Gasteiger partial charge in [0.25, 0.3) is 0 Å². The van der Waals surface area contributed by atoms with E-state index in [1.807, 2.05) is 49.1 Å². The quantitative estimate of drug-likeness (QED) is 0.771. The summed E-state index contributed by atoms with van der Waals surface area (Å²) >= 11 is 1.65. The van der Waals surface area contributed by atoms with Crippen molar-refractivity contribution in [2.75, 3.05) is 10.7 Å². The molecule has 17 heavy (non-hydrogen) atoms. The zero-order valence-corrected chi connectivity index (χ0v) is 10.9. The fourth-order valence-corrected chi connectivity index (χ4v) is 2.97. The van der Waals surface area contributed by atoms with E-state index in [9.17, 15) is 4.79 Å². The molecule has 0 N–H and O–H groups in total. The van der Waals surface area contributed by atoms with Gasteiger partial charge < -0.3 is 9.69 Å². The highest BCUT2D eigenvalue weighted by molar-refractivity contribution is 8.14. The monoisotopic (exact) mass is 248 g/mol. The molecule has 90 valence electrons. The van der Waals surface area contributed by atoms with Crippen molar-refractivity contribution in [3.05, 3.63) is 30.3 Å². The third kappa shape index (κ3) is 2.69. The van der Waals surface area contributed by atoms with Crippen LogP contribution in [0.4, 0.5) is 5.69 Å². The lowest BCUT2D eigenvalue weighted by Gasteiger charge is -2.22. The Morgan fingerprint density at radius 3 is 2.71 bits per heavy atom. The lowest BCUT2D eigenvalue weighted by atomic mass is 10.2. The SMILES string of the molecule is CC(C)N=C1SCC(C=O)N1c1ccccc1. The first-order valence-corrected chi connectivity index (χ1v) is 6.71. The zero-order chi connectivity index (χ0) is 12.3. The molecular weight excluding hydrogens is 232 g/mol. The lowest BCUT2D eigenvalue weighted by Crippen LogP contribution is -2.35. The summed E-state index contributed by atoms with van der Waals surface area (Å²) in [5.41, 5.74) is 1.04. The highest BCUT2D eigenvalue weighted by Gasteiger charge is 2.31. The van der Waals surface area contributed by atoms with Crippen LogP contribution >= 0.6 is 11.8 Å². The van der Waals surface area contributed by atoms with E-state index in [0.717, 1.165) is 22.9 Å². The Morgan fingerprint density at radius 1 is 1.41 bits per heavy atom. The van der Waals surface area contributed by atoms with Gasteiger partial charge in [-0.1, -0.05) is 30.0 Å². The fourth-order valence-electron chi connectivity index (χ4n) is 1.76. The molecule has 0 bridgehead atoms. The number of hydrogen-bond donors (Lipinski definition) is 0. The van der Waals surface area contributed by atoms with E-state index in [0.29, 0.717) is 0 Å². The summed E-state index contributed by atoms with van der Waals surface area (Å²) in [4.78, 5) is 17.7. The molecule has 1 unspecified atom stereocenters. The van der Waals surface area contributed by atoms with Gasteiger partial charge in [0.15, 0.2) is 5.17 Å². The number of carbonyl (C=O) groups is 1. The van der Waals surface area contributed by atoms with Crippen molar-refractivity contribution in [2.24, 2.45) is 4.99 Å². The Hall–Kier alpha value is -1.29. The molecule has 1 saturated heterocycles. The molecule has 0 aliphatic carbocycles. The molecule has 2 rings (SSSR count). The Balaban J connectivity index is 2.34. The minimum atomic E-state index is -0.0973. The molecule has 1 aliphatic heterocycles. The highest BCUT2D eigenvalue weighted by Crippen LogP contribution is 2.29. The van der Waals surface area contributed by atoms with Crippen LogP contribution in [0.1, 0.15) is 13.8 Å². The molecule has 4 heteroatoms. The van der Waals surface area contributed by atoms with E-state index in [-0.39, 0.29) is 12.1 Å². The van der Waals surface area contributed by atoms with E-state index >= 15 is 0 Å². The maximum atomic E-state index is 11.1. The van der Waals surface area contributed by atoms with Gasteiger partial charge in [-0.3, -0.25) is 4.99 Å². The lowest BCUT2D eigenvalue weighted by molar-refractivity contribution is -0.108. The van der Waals surface area contributed by atoms with Crippen molar-refractivity contribution >= 4 is 28.9 Å². The van der Waals surface area contributed by atoms with Crippen molar-refractivity contribution < 1.29 is 4.79 Å². The van der Waals surface area contributed by atoms with Crippen LogP contribution in [-0.2, 0) is 4.79 Å². The van der Waals surface area contributed by atoms with E-state index in [1.54, 1.807) is 11.8 Å². The third-order valence-electron chi connectivity index (χ3n) is 2.48. The smallest absolute Gasteiger partial charge is 0.164 e. The number of para-hydroxylation sites is 1. The number of carbonyl (C=O) groups excluding carboxylic acids is 1. The second kappa shape index (κ2) is 5.36. The molecule has 0 saturated carbocycles. The molecule has 1 heterocycles. The van der Waals surface area contributed by atoms with Crippen molar-refractivity contribution in [3.8, 4) is 0 Å². The summed E-state index contributed by atoms with van der Waals surface area (Å²) in [6.07, 6.45) is 1.00. The van der Waals surface area contributed by atoms with Crippen LogP contribution < -0.4 is 4.90 Å². The van der Waals surface area contributed by atoms with Crippen LogP contribution in [-0.4, -0.2) is 29.3 Å². The molecule has 0 amide bonds. The van der Waals surface area contributed by atoms with Gasteiger partial charge in [-0.05, 0) is 26.0 Å². The van der Waals surface area contributed by atoms with Crippen molar-refractivity contribution in [2.45, 2.75) is 25.9 Å². The molecule has 0 aromatic heterocycles. The Labute approximate surface area is 106 Å². The van der Waals surface area contributed by atoms with Crippen LogP contribution in [0.25, 0.3) is 0 Å². The average molecular weight is 248 g/mol. The first-order chi connectivity index (χ1) is 8.22. The number of nitrogens with zero attached hydrogens (tertiary/aromatic N) is 2. The summed E-state index contributed by atoms with van der Waals surface area (Å²) in [6, 6.07) is 10.1. The normalized spacial score (nSPS) is 22.4. The molecule has 1 atom stereocenters. The maximum absolute atomic E-state index is 11.1. The van der Waals surface area contributed by atoms with Crippen molar-refractivity contribution in [1.29, 1.82) is 0 Å². The average Bonchev–Trinajstić information content (AvgIpc) is 2.72. The molecule has 0 radical (unpaired) electrons. The van der Waals surface area contributed by atoms with Crippen LogP contribution in [0, 0.1) is 0 Å². The first kappa shape index (κ1) is 12.2. The van der Waals surface area contributed by atoms with Gasteiger partial charge in [0.1, 0.15) is 12.3 Å². The van der Waals surface area contributed by atoms with Gasteiger partial charge in [-0.25, -0.2) is 0 Å². The molecule has 3 nitrogen and oxygen atoms in total. The number of rotatable bonds is 3. The predicted octanol–water partition coefficient (Wildman–Crippen LogP) is 2.57. The second-order valence-electron chi connectivity index (χ2n) is 4.23. The van der Waals surface area contributed by atoms with Crippen LogP contribution in [0.5, 0.6) is 0 Å². The van der Waals surface area contributed by atoms with Crippen molar-refractivity contribution in [1.82, 2.24) is 0 Å². The Bertz CT molecular complexity index is 417. The summed E-state index contributed by atoms with van der Waals surface area (Å²) in [6.45, 7) is 4.09. The van der Waals surface area contributed by atoms with Gasteiger partial charge in [0.05, 0.1) is 0 Å². The summed E-state index contributed by atoms with van der Waals surface area (Å²) in [5, 5.41) is 0.948. The largest absolute Gasteiger partial charge is 0.310 e. The van der Waals surface area contributed by atoms with Gasteiger partial charge in [-0.15, -0.1) is 0 Å². The highest BCUT2D eigenvalue weighted by atomic mass is 32.2. The molecule has 1 aromatic rings. The maximum Gasteiger partial charge on any atom is 0.164 e. The number of amidine groups is 1. The third-order valence-corrected chi connectivity index (χ3v) is 3.55. The van der Waals surface area contributed by atoms with E-state index in [2.05, 4.69) is 4.99 Å². The van der Waals surface area contributed by atoms with Gasteiger partial charge in [0.2, 0.25) is 0 Å². The predicted molar refractivity (Wildman–Crippen MR) is 73.8 cm³/mol. The van der Waals surface area contributed by atoms with Crippen molar-refractivity contribution in [3.63, 3.8) is 0 Å². The minimum Gasteiger partial charge on any atom is -0.310 e. The number of benzene rings is 1. The zero-order valence-electron chi connectivity index (χ0n) is 10.0. The minimum absolute atomic E-state index is 0.0973. The Morgan fingerprint density at radius 2 is 2.12 bits per heavy atom. The van der Waals surface area contributed by atoms with E-state index < -0.39 is 0 Å². The Kier molecular flexibility index (Phi) is 3.84. The molecule has 1 fully saturated rings. The van der Waals surface area contributed by atoms with Crippen LogP contribution in [0.2, 0.25) is 0 Å². The molecule has 1 aromatic carbocycles. The second-order valence-corrected chi connectivity index (χ2v) is 5.21. The topological polar surface area (TPSA) is 32.7 Å². The van der Waals surface area contributed by atoms with E-state index in [4.69, 9.17) is 0 Å². The standard InChI is InChI=1S/C13H16N2OS/c1-10(2)14-13-15(12(8-16)9-17-13)11-6-4-3-5-7-11/h3-8,10,12H,9H2,1-2H3. The first-order valence-electron chi connectivity index (χ1n) is 5.72. The molecular formula is C13H16N2OS. The summed E-state index contributed by atoms with van der Waals surface area (Å²) < 4.78 is 0. The number of hydrogen-bond acceptors (Lipinski definition) is 3. The van der Waals surface area contributed by atoms with Gasteiger partial charge in [-0.2, -0.15) is 0 Å². The summed E-state index contributed by atoms with van der Waals surface area (Å²) in [7, 11) is 0. The fraction of sp³-hybridized carbons (Fsp3) is 0.385. The number of aldehydes is 1.